The van der Waals surface area contributed by atoms with Gasteiger partial charge in [-0.25, -0.2) is 8.42 Å². The van der Waals surface area contributed by atoms with Crippen molar-refractivity contribution in [1.82, 2.24) is 5.16 Å². The summed E-state index contributed by atoms with van der Waals surface area (Å²) in [7, 11) is -3.81. The predicted octanol–water partition coefficient (Wildman–Crippen LogP) is 4.62. The summed E-state index contributed by atoms with van der Waals surface area (Å²) < 4.78 is 39.2. The Hall–Kier alpha value is -3.59. The molecular formula is C23H25N3O5S. The van der Waals surface area contributed by atoms with Crippen LogP contribution in [0.1, 0.15) is 36.4 Å². The molecule has 0 saturated carbocycles. The van der Waals surface area contributed by atoms with Crippen molar-refractivity contribution in [2.75, 3.05) is 16.6 Å². The highest BCUT2D eigenvalue weighted by atomic mass is 32.2. The van der Waals surface area contributed by atoms with E-state index in [1.54, 1.807) is 68.5 Å². The number of carbonyl (C=O) groups excluding carboxylic acids is 1. The molecule has 2 N–H and O–H groups in total. The van der Waals surface area contributed by atoms with E-state index in [0.717, 1.165) is 0 Å². The van der Waals surface area contributed by atoms with Crippen molar-refractivity contribution in [2.24, 2.45) is 0 Å². The van der Waals surface area contributed by atoms with E-state index in [2.05, 4.69) is 15.2 Å². The second-order valence-electron chi connectivity index (χ2n) is 7.11. The minimum absolute atomic E-state index is 0.157. The van der Waals surface area contributed by atoms with Crippen LogP contribution in [0.4, 0.5) is 11.4 Å². The number of benzene rings is 2. The van der Waals surface area contributed by atoms with E-state index in [4.69, 9.17) is 9.26 Å². The number of amides is 1. The number of rotatable bonds is 8. The van der Waals surface area contributed by atoms with Crippen LogP contribution in [0.2, 0.25) is 0 Å². The van der Waals surface area contributed by atoms with Crippen LogP contribution in [0.5, 0.6) is 5.75 Å². The van der Waals surface area contributed by atoms with Crippen LogP contribution in [0.3, 0.4) is 0 Å². The Bertz CT molecular complexity index is 1250. The Labute approximate surface area is 187 Å². The van der Waals surface area contributed by atoms with Gasteiger partial charge >= 0.3 is 0 Å². The molecule has 168 valence electrons. The Kier molecular flexibility index (Phi) is 6.99. The summed E-state index contributed by atoms with van der Waals surface area (Å²) in [5.74, 6) is 0.797. The van der Waals surface area contributed by atoms with E-state index < -0.39 is 10.0 Å². The van der Waals surface area contributed by atoms with Crippen molar-refractivity contribution in [3.63, 3.8) is 0 Å². The van der Waals surface area contributed by atoms with Gasteiger partial charge < -0.3 is 14.6 Å². The first kappa shape index (κ1) is 23.1. The van der Waals surface area contributed by atoms with E-state index in [0.29, 0.717) is 46.3 Å². The standard InChI is InChI=1S/C23H25N3O5S/c1-5-30-20-11-9-19(10-12-20)26-32(28,29)22-14-18(7-6-15(22)2)8-13-21-23(24-17(4)27)16(3)25-31-21/h6-14,26H,5H2,1-4H3,(H,24,27)/b13-8-. The third-order valence-electron chi connectivity index (χ3n) is 4.54. The molecule has 0 spiro atoms. The molecule has 2 aromatic carbocycles. The molecule has 0 atom stereocenters. The van der Waals surface area contributed by atoms with Gasteiger partial charge in [0.15, 0.2) is 5.76 Å². The molecular weight excluding hydrogens is 430 g/mol. The average Bonchev–Trinajstić information content (AvgIpc) is 3.07. The van der Waals surface area contributed by atoms with E-state index in [1.165, 1.54) is 6.92 Å². The number of nitrogens with one attached hydrogen (secondary N) is 2. The molecule has 0 aliphatic rings. The minimum Gasteiger partial charge on any atom is -0.494 e. The third kappa shape index (κ3) is 5.55. The van der Waals surface area contributed by atoms with Crippen LogP contribution in [0.15, 0.2) is 51.9 Å². The smallest absolute Gasteiger partial charge is 0.262 e. The zero-order valence-corrected chi connectivity index (χ0v) is 19.1. The lowest BCUT2D eigenvalue weighted by atomic mass is 10.1. The minimum atomic E-state index is -3.81. The molecule has 9 heteroatoms. The second kappa shape index (κ2) is 9.69. The highest BCUT2D eigenvalue weighted by molar-refractivity contribution is 7.92. The lowest BCUT2D eigenvalue weighted by Crippen LogP contribution is -2.14. The number of carbonyl (C=O) groups is 1. The Balaban J connectivity index is 1.85. The Morgan fingerprint density at radius 1 is 1.12 bits per heavy atom. The van der Waals surface area contributed by atoms with Crippen molar-refractivity contribution >= 4 is 39.5 Å². The lowest BCUT2D eigenvalue weighted by molar-refractivity contribution is -0.114. The third-order valence-corrected chi connectivity index (χ3v) is 6.06. The predicted molar refractivity (Wildman–Crippen MR) is 124 cm³/mol. The van der Waals surface area contributed by atoms with Crippen LogP contribution in [0.25, 0.3) is 12.2 Å². The molecule has 0 aliphatic carbocycles. The number of aromatic nitrogens is 1. The summed E-state index contributed by atoms with van der Waals surface area (Å²) >= 11 is 0. The highest BCUT2D eigenvalue weighted by Gasteiger charge is 2.18. The second-order valence-corrected chi connectivity index (χ2v) is 8.76. The summed E-state index contributed by atoms with van der Waals surface area (Å²) in [6.07, 6.45) is 3.33. The van der Waals surface area contributed by atoms with Crippen LogP contribution in [-0.4, -0.2) is 26.1 Å². The van der Waals surface area contributed by atoms with Crippen molar-refractivity contribution < 1.29 is 22.5 Å². The fourth-order valence-electron chi connectivity index (χ4n) is 3.01. The normalized spacial score (nSPS) is 11.5. The van der Waals surface area contributed by atoms with Gasteiger partial charge in [-0.05, 0) is 68.3 Å². The quantitative estimate of drug-likeness (QED) is 0.513. The van der Waals surface area contributed by atoms with E-state index in [1.807, 2.05) is 6.92 Å². The maximum absolute atomic E-state index is 13.0. The first-order valence-electron chi connectivity index (χ1n) is 9.98. The maximum atomic E-state index is 13.0. The Morgan fingerprint density at radius 3 is 2.50 bits per heavy atom. The van der Waals surface area contributed by atoms with Crippen LogP contribution in [0, 0.1) is 13.8 Å². The number of anilines is 2. The number of hydrogen-bond acceptors (Lipinski definition) is 6. The first-order valence-corrected chi connectivity index (χ1v) is 11.5. The maximum Gasteiger partial charge on any atom is 0.262 e. The first-order chi connectivity index (χ1) is 15.2. The van der Waals surface area contributed by atoms with Crippen molar-refractivity contribution in [3.05, 3.63) is 65.0 Å². The summed E-state index contributed by atoms with van der Waals surface area (Å²) in [6, 6.07) is 11.8. The van der Waals surface area contributed by atoms with Gasteiger partial charge in [0.1, 0.15) is 17.1 Å². The number of sulfonamides is 1. The fourth-order valence-corrected chi connectivity index (χ4v) is 4.35. The molecule has 0 unspecified atom stereocenters. The molecule has 3 rings (SSSR count). The number of hydrogen-bond donors (Lipinski definition) is 2. The number of ether oxygens (including phenoxy) is 1. The molecule has 0 bridgehead atoms. The van der Waals surface area contributed by atoms with Gasteiger partial charge in [0.2, 0.25) is 5.91 Å². The SMILES string of the molecule is CCOc1ccc(NS(=O)(=O)c2cc(/C=C\c3onc(C)c3NC(C)=O)ccc2C)cc1. The topological polar surface area (TPSA) is 111 Å². The number of nitrogens with zero attached hydrogens (tertiary/aromatic N) is 1. The van der Waals surface area contributed by atoms with Gasteiger partial charge in [0, 0.05) is 12.6 Å². The average molecular weight is 456 g/mol. The van der Waals surface area contributed by atoms with Crippen molar-refractivity contribution in [3.8, 4) is 5.75 Å². The molecule has 0 radical (unpaired) electrons. The molecule has 0 saturated heterocycles. The summed E-state index contributed by atoms with van der Waals surface area (Å²) in [4.78, 5) is 11.6. The summed E-state index contributed by atoms with van der Waals surface area (Å²) in [5, 5.41) is 6.54. The van der Waals surface area contributed by atoms with E-state index in [9.17, 15) is 13.2 Å². The zero-order valence-electron chi connectivity index (χ0n) is 18.3. The molecule has 0 fully saturated rings. The highest BCUT2D eigenvalue weighted by Crippen LogP contribution is 2.25. The van der Waals surface area contributed by atoms with Gasteiger partial charge in [-0.1, -0.05) is 23.4 Å². The van der Waals surface area contributed by atoms with Gasteiger partial charge in [0.05, 0.1) is 11.5 Å². The van der Waals surface area contributed by atoms with Crippen molar-refractivity contribution in [1.29, 1.82) is 0 Å². The molecule has 1 heterocycles. The molecule has 32 heavy (non-hydrogen) atoms. The fraction of sp³-hybridized carbons (Fsp3) is 0.217. The molecule has 0 aliphatic heterocycles. The Morgan fingerprint density at radius 2 is 1.84 bits per heavy atom. The van der Waals surface area contributed by atoms with Crippen LogP contribution < -0.4 is 14.8 Å². The molecule has 1 aromatic heterocycles. The van der Waals surface area contributed by atoms with Crippen molar-refractivity contribution in [2.45, 2.75) is 32.6 Å². The van der Waals surface area contributed by atoms with Gasteiger partial charge in [-0.3, -0.25) is 9.52 Å². The van der Waals surface area contributed by atoms with Gasteiger partial charge in [0.25, 0.3) is 10.0 Å². The van der Waals surface area contributed by atoms with E-state index in [-0.39, 0.29) is 10.8 Å². The largest absolute Gasteiger partial charge is 0.494 e. The van der Waals surface area contributed by atoms with Gasteiger partial charge in [-0.15, -0.1) is 0 Å². The van der Waals surface area contributed by atoms with Crippen LogP contribution >= 0.6 is 0 Å². The monoisotopic (exact) mass is 455 g/mol. The lowest BCUT2D eigenvalue weighted by Gasteiger charge is -2.12. The summed E-state index contributed by atoms with van der Waals surface area (Å²) in [6.45, 7) is 7.26. The zero-order chi connectivity index (χ0) is 23.3. The van der Waals surface area contributed by atoms with Gasteiger partial charge in [-0.2, -0.15) is 0 Å². The van der Waals surface area contributed by atoms with E-state index >= 15 is 0 Å². The molecule has 8 nitrogen and oxygen atoms in total. The molecule has 1 amide bonds. The number of aryl methyl sites for hydroxylation is 2. The summed E-state index contributed by atoms with van der Waals surface area (Å²) in [5.41, 5.74) is 2.71. The van der Waals surface area contributed by atoms with Crippen LogP contribution in [-0.2, 0) is 14.8 Å². The molecule has 3 aromatic rings.